The standard InChI is InChI=1S/C10H19N3O2/c1-8(14)7-10(15)13-5-3-12(4-6-13)9(2)11/h8,11,14H,3-7H2,1-2H3. The maximum Gasteiger partial charge on any atom is 0.225 e. The van der Waals surface area contributed by atoms with Gasteiger partial charge in [0, 0.05) is 26.2 Å². The van der Waals surface area contributed by atoms with E-state index >= 15 is 0 Å². The third-order valence-electron chi connectivity index (χ3n) is 2.58. The highest BCUT2D eigenvalue weighted by Gasteiger charge is 2.21. The van der Waals surface area contributed by atoms with E-state index in [9.17, 15) is 4.79 Å². The fourth-order valence-corrected chi connectivity index (χ4v) is 1.67. The highest BCUT2D eigenvalue weighted by atomic mass is 16.3. The Bertz CT molecular complexity index is 245. The number of aliphatic hydroxyl groups excluding tert-OH is 1. The van der Waals surface area contributed by atoms with Gasteiger partial charge in [0.2, 0.25) is 5.91 Å². The Morgan fingerprint density at radius 3 is 2.20 bits per heavy atom. The molecule has 0 aromatic heterocycles. The van der Waals surface area contributed by atoms with Gasteiger partial charge < -0.3 is 14.9 Å². The summed E-state index contributed by atoms with van der Waals surface area (Å²) in [6.07, 6.45) is -0.371. The molecule has 0 radical (unpaired) electrons. The van der Waals surface area contributed by atoms with Crippen molar-refractivity contribution in [3.63, 3.8) is 0 Å². The number of nitrogens with one attached hydrogen (secondary N) is 1. The van der Waals surface area contributed by atoms with Crippen LogP contribution >= 0.6 is 0 Å². The van der Waals surface area contributed by atoms with Crippen LogP contribution in [-0.2, 0) is 4.79 Å². The minimum Gasteiger partial charge on any atom is -0.393 e. The highest BCUT2D eigenvalue weighted by molar-refractivity contribution is 5.78. The molecule has 15 heavy (non-hydrogen) atoms. The summed E-state index contributed by atoms with van der Waals surface area (Å²) in [4.78, 5) is 15.3. The molecule has 1 heterocycles. The highest BCUT2D eigenvalue weighted by Crippen LogP contribution is 2.05. The Kier molecular flexibility index (Phi) is 4.08. The molecule has 0 saturated carbocycles. The molecule has 1 fully saturated rings. The number of piperazine rings is 1. The largest absolute Gasteiger partial charge is 0.393 e. The summed E-state index contributed by atoms with van der Waals surface area (Å²) in [6, 6.07) is 0. The van der Waals surface area contributed by atoms with Gasteiger partial charge in [-0.05, 0) is 13.8 Å². The Hall–Kier alpha value is -1.10. The predicted octanol–water partition coefficient (Wildman–Crippen LogP) is -0.101. The monoisotopic (exact) mass is 213 g/mol. The average molecular weight is 213 g/mol. The van der Waals surface area contributed by atoms with Gasteiger partial charge in [-0.3, -0.25) is 10.2 Å². The van der Waals surface area contributed by atoms with Gasteiger partial charge in [0.05, 0.1) is 18.4 Å². The van der Waals surface area contributed by atoms with Gasteiger partial charge >= 0.3 is 0 Å². The lowest BCUT2D eigenvalue weighted by molar-refractivity contribution is -0.134. The molecule has 5 heteroatoms. The Labute approximate surface area is 90.2 Å². The minimum atomic E-state index is -0.569. The van der Waals surface area contributed by atoms with E-state index in [0.29, 0.717) is 18.9 Å². The van der Waals surface area contributed by atoms with Crippen LogP contribution in [0, 0.1) is 5.41 Å². The van der Waals surface area contributed by atoms with Gasteiger partial charge in [0.1, 0.15) is 0 Å². The van der Waals surface area contributed by atoms with Gasteiger partial charge in [-0.1, -0.05) is 0 Å². The smallest absolute Gasteiger partial charge is 0.225 e. The molecule has 2 N–H and O–H groups in total. The summed E-state index contributed by atoms with van der Waals surface area (Å²) in [7, 11) is 0. The molecule has 0 spiro atoms. The van der Waals surface area contributed by atoms with Crippen LogP contribution in [0.1, 0.15) is 20.3 Å². The second-order valence-electron chi connectivity index (χ2n) is 4.01. The van der Waals surface area contributed by atoms with E-state index in [1.54, 1.807) is 18.7 Å². The number of hydrogen-bond donors (Lipinski definition) is 2. The van der Waals surface area contributed by atoms with Crippen molar-refractivity contribution in [3.05, 3.63) is 0 Å². The van der Waals surface area contributed by atoms with Crippen molar-refractivity contribution in [2.24, 2.45) is 0 Å². The first kappa shape index (κ1) is 12.0. The molecule has 1 aliphatic rings. The van der Waals surface area contributed by atoms with Gasteiger partial charge in [-0.25, -0.2) is 0 Å². The van der Waals surface area contributed by atoms with Crippen molar-refractivity contribution in [2.75, 3.05) is 26.2 Å². The number of amidine groups is 1. The SMILES string of the molecule is CC(=N)N1CCN(C(=O)CC(C)O)CC1. The molecule has 0 aromatic rings. The van der Waals surface area contributed by atoms with Crippen molar-refractivity contribution in [1.82, 2.24) is 9.80 Å². The normalized spacial score (nSPS) is 18.9. The van der Waals surface area contributed by atoms with Gasteiger partial charge in [0.25, 0.3) is 0 Å². The van der Waals surface area contributed by atoms with Crippen LogP contribution in [-0.4, -0.2) is 58.9 Å². The molecule has 1 amide bonds. The summed E-state index contributed by atoms with van der Waals surface area (Å²) in [6.45, 7) is 6.13. The quantitative estimate of drug-likeness (QED) is 0.497. The van der Waals surface area contributed by atoms with Crippen molar-refractivity contribution < 1.29 is 9.90 Å². The lowest BCUT2D eigenvalue weighted by Crippen LogP contribution is -2.50. The molecule has 1 rings (SSSR count). The molecule has 5 nitrogen and oxygen atoms in total. The van der Waals surface area contributed by atoms with Crippen LogP contribution in [0.3, 0.4) is 0 Å². The summed E-state index contributed by atoms with van der Waals surface area (Å²) in [5, 5.41) is 16.6. The molecule has 1 unspecified atom stereocenters. The lowest BCUT2D eigenvalue weighted by Gasteiger charge is -2.35. The van der Waals surface area contributed by atoms with E-state index in [2.05, 4.69) is 0 Å². The molecule has 86 valence electrons. The molecule has 0 aromatic carbocycles. The van der Waals surface area contributed by atoms with Crippen LogP contribution in [0.25, 0.3) is 0 Å². The first-order valence-corrected chi connectivity index (χ1v) is 5.26. The van der Waals surface area contributed by atoms with Crippen LogP contribution in [0.2, 0.25) is 0 Å². The number of rotatable bonds is 2. The minimum absolute atomic E-state index is 0.00674. The Balaban J connectivity index is 2.37. The second-order valence-corrected chi connectivity index (χ2v) is 4.01. The molecule has 1 aliphatic heterocycles. The first-order valence-electron chi connectivity index (χ1n) is 5.26. The van der Waals surface area contributed by atoms with Crippen molar-refractivity contribution in [1.29, 1.82) is 5.41 Å². The third kappa shape index (κ3) is 3.51. The number of amides is 1. The van der Waals surface area contributed by atoms with Crippen molar-refractivity contribution >= 4 is 11.7 Å². The predicted molar refractivity (Wildman–Crippen MR) is 57.9 cm³/mol. The molecule has 1 atom stereocenters. The average Bonchev–Trinajstić information content (AvgIpc) is 2.17. The van der Waals surface area contributed by atoms with E-state index in [-0.39, 0.29) is 12.3 Å². The summed E-state index contributed by atoms with van der Waals surface area (Å²) >= 11 is 0. The van der Waals surface area contributed by atoms with Crippen molar-refractivity contribution in [2.45, 2.75) is 26.4 Å². The zero-order valence-electron chi connectivity index (χ0n) is 9.36. The maximum atomic E-state index is 11.6. The zero-order valence-corrected chi connectivity index (χ0v) is 9.36. The summed E-state index contributed by atoms with van der Waals surface area (Å²) in [5.41, 5.74) is 0. The molecule has 0 bridgehead atoms. The molecular formula is C10H19N3O2. The van der Waals surface area contributed by atoms with Crippen LogP contribution < -0.4 is 0 Å². The maximum absolute atomic E-state index is 11.6. The lowest BCUT2D eigenvalue weighted by atomic mass is 10.2. The number of carbonyl (C=O) groups is 1. The van der Waals surface area contributed by atoms with Gasteiger partial charge in [-0.2, -0.15) is 0 Å². The number of nitrogens with zero attached hydrogens (tertiary/aromatic N) is 2. The van der Waals surface area contributed by atoms with Crippen molar-refractivity contribution in [3.8, 4) is 0 Å². The number of carbonyl (C=O) groups excluding carboxylic acids is 1. The fourth-order valence-electron chi connectivity index (χ4n) is 1.67. The van der Waals surface area contributed by atoms with Crippen LogP contribution in [0.15, 0.2) is 0 Å². The second kappa shape index (κ2) is 5.11. The summed E-state index contributed by atoms with van der Waals surface area (Å²) in [5.74, 6) is 0.560. The molecule has 1 saturated heterocycles. The first-order chi connectivity index (χ1) is 7.00. The number of hydrogen-bond acceptors (Lipinski definition) is 3. The molecular weight excluding hydrogens is 194 g/mol. The van der Waals surface area contributed by atoms with Gasteiger partial charge in [0.15, 0.2) is 0 Å². The number of aliphatic hydroxyl groups is 1. The summed E-state index contributed by atoms with van der Waals surface area (Å²) < 4.78 is 0. The van der Waals surface area contributed by atoms with E-state index in [4.69, 9.17) is 10.5 Å². The van der Waals surface area contributed by atoms with E-state index in [1.807, 2.05) is 4.90 Å². The Morgan fingerprint density at radius 2 is 1.80 bits per heavy atom. The third-order valence-corrected chi connectivity index (χ3v) is 2.58. The van der Waals surface area contributed by atoms with E-state index < -0.39 is 6.10 Å². The van der Waals surface area contributed by atoms with Gasteiger partial charge in [-0.15, -0.1) is 0 Å². The fraction of sp³-hybridized carbons (Fsp3) is 0.800. The van der Waals surface area contributed by atoms with Crippen LogP contribution in [0.5, 0.6) is 0 Å². The van der Waals surface area contributed by atoms with Crippen LogP contribution in [0.4, 0.5) is 0 Å². The topological polar surface area (TPSA) is 67.6 Å². The zero-order chi connectivity index (χ0) is 11.4. The van der Waals surface area contributed by atoms with E-state index in [0.717, 1.165) is 13.1 Å². The molecule has 0 aliphatic carbocycles. The van der Waals surface area contributed by atoms with E-state index in [1.165, 1.54) is 0 Å². The Morgan fingerprint density at radius 1 is 1.33 bits per heavy atom.